The van der Waals surface area contributed by atoms with Crippen LogP contribution >= 0.6 is 0 Å². The van der Waals surface area contributed by atoms with E-state index in [-0.39, 0.29) is 5.60 Å². The molecule has 0 unspecified atom stereocenters. The lowest BCUT2D eigenvalue weighted by Gasteiger charge is -2.20. The van der Waals surface area contributed by atoms with Crippen molar-refractivity contribution >= 4 is 5.69 Å². The van der Waals surface area contributed by atoms with Gasteiger partial charge in [0.05, 0.1) is 12.2 Å². The molecule has 0 spiro atoms. The van der Waals surface area contributed by atoms with Crippen molar-refractivity contribution in [2.24, 2.45) is 0 Å². The first-order chi connectivity index (χ1) is 7.79. The van der Waals surface area contributed by atoms with Crippen molar-refractivity contribution in [2.75, 3.05) is 18.9 Å². The van der Waals surface area contributed by atoms with Crippen LogP contribution in [0.15, 0.2) is 12.1 Å². The number of aryl methyl sites for hydroxylation is 2. The van der Waals surface area contributed by atoms with Gasteiger partial charge in [-0.1, -0.05) is 0 Å². The smallest absolute Gasteiger partial charge is 0.122 e. The van der Waals surface area contributed by atoms with Crippen LogP contribution in [0, 0.1) is 13.8 Å². The first-order valence-corrected chi connectivity index (χ1v) is 5.93. The third-order valence-electron chi connectivity index (χ3n) is 2.44. The molecule has 0 atom stereocenters. The van der Waals surface area contributed by atoms with Crippen molar-refractivity contribution in [3.05, 3.63) is 23.3 Å². The zero-order valence-electron chi connectivity index (χ0n) is 11.5. The van der Waals surface area contributed by atoms with Crippen LogP contribution in [0.5, 0.6) is 5.75 Å². The minimum Gasteiger partial charge on any atom is -0.491 e. The normalized spacial score (nSPS) is 11.6. The molecule has 1 aromatic rings. The standard InChI is InChI=1S/C14H23NO2/c1-10-9-13(11(2)8-12(10)15)16-6-7-17-14(3,4)5/h8-9H,6-7,15H2,1-5H3. The maximum Gasteiger partial charge on any atom is 0.122 e. The van der Waals surface area contributed by atoms with Gasteiger partial charge >= 0.3 is 0 Å². The largest absolute Gasteiger partial charge is 0.491 e. The molecular formula is C14H23NO2. The van der Waals surface area contributed by atoms with E-state index < -0.39 is 0 Å². The highest BCUT2D eigenvalue weighted by Gasteiger charge is 2.09. The Morgan fingerprint density at radius 2 is 1.71 bits per heavy atom. The Morgan fingerprint density at radius 3 is 2.29 bits per heavy atom. The molecular weight excluding hydrogens is 214 g/mol. The van der Waals surface area contributed by atoms with Crippen molar-refractivity contribution in [1.29, 1.82) is 0 Å². The summed E-state index contributed by atoms with van der Waals surface area (Å²) in [5.41, 5.74) is 8.61. The molecule has 1 rings (SSSR count). The Balaban J connectivity index is 2.50. The third-order valence-corrected chi connectivity index (χ3v) is 2.44. The number of rotatable bonds is 4. The van der Waals surface area contributed by atoms with E-state index >= 15 is 0 Å². The Hall–Kier alpha value is -1.22. The summed E-state index contributed by atoms with van der Waals surface area (Å²) >= 11 is 0. The van der Waals surface area contributed by atoms with Gasteiger partial charge < -0.3 is 15.2 Å². The molecule has 96 valence electrons. The van der Waals surface area contributed by atoms with Crippen LogP contribution in [0.3, 0.4) is 0 Å². The quantitative estimate of drug-likeness (QED) is 0.646. The number of anilines is 1. The Morgan fingerprint density at radius 1 is 1.06 bits per heavy atom. The fourth-order valence-electron chi connectivity index (χ4n) is 1.47. The average molecular weight is 237 g/mol. The van der Waals surface area contributed by atoms with E-state index in [1.165, 1.54) is 0 Å². The van der Waals surface area contributed by atoms with Crippen molar-refractivity contribution in [1.82, 2.24) is 0 Å². The SMILES string of the molecule is Cc1cc(OCCOC(C)(C)C)c(C)cc1N. The first kappa shape index (κ1) is 13.8. The predicted molar refractivity (Wildman–Crippen MR) is 71.5 cm³/mol. The van der Waals surface area contributed by atoms with Gasteiger partial charge in [-0.15, -0.1) is 0 Å². The molecule has 3 heteroatoms. The van der Waals surface area contributed by atoms with E-state index in [9.17, 15) is 0 Å². The van der Waals surface area contributed by atoms with Crippen molar-refractivity contribution in [2.45, 2.75) is 40.2 Å². The molecule has 3 nitrogen and oxygen atoms in total. The van der Waals surface area contributed by atoms with Crippen LogP contribution < -0.4 is 10.5 Å². The van der Waals surface area contributed by atoms with Gasteiger partial charge in [0, 0.05) is 5.69 Å². The molecule has 0 radical (unpaired) electrons. The Labute approximate surface area is 104 Å². The van der Waals surface area contributed by atoms with Gasteiger partial charge in [0.1, 0.15) is 12.4 Å². The van der Waals surface area contributed by atoms with Crippen LogP contribution in [-0.4, -0.2) is 18.8 Å². The van der Waals surface area contributed by atoms with Gasteiger partial charge in [-0.25, -0.2) is 0 Å². The van der Waals surface area contributed by atoms with E-state index in [0.717, 1.165) is 22.6 Å². The molecule has 0 aromatic heterocycles. The second-order valence-electron chi connectivity index (χ2n) is 5.28. The molecule has 17 heavy (non-hydrogen) atoms. The minimum atomic E-state index is -0.116. The summed E-state index contributed by atoms with van der Waals surface area (Å²) in [4.78, 5) is 0. The highest BCUT2D eigenvalue weighted by Crippen LogP contribution is 2.24. The summed E-state index contributed by atoms with van der Waals surface area (Å²) in [5.74, 6) is 0.884. The van der Waals surface area contributed by atoms with E-state index in [1.54, 1.807) is 0 Å². The highest BCUT2D eigenvalue weighted by molar-refractivity contribution is 5.53. The second kappa shape index (κ2) is 5.41. The first-order valence-electron chi connectivity index (χ1n) is 5.93. The molecule has 0 amide bonds. The summed E-state index contributed by atoms with van der Waals surface area (Å²) in [6.07, 6.45) is 0. The lowest BCUT2D eigenvalue weighted by Crippen LogP contribution is -2.22. The fraction of sp³-hybridized carbons (Fsp3) is 0.571. The molecule has 1 aromatic carbocycles. The monoisotopic (exact) mass is 237 g/mol. The van der Waals surface area contributed by atoms with Crippen molar-refractivity contribution < 1.29 is 9.47 Å². The van der Waals surface area contributed by atoms with Gasteiger partial charge in [0.2, 0.25) is 0 Å². The molecule has 0 bridgehead atoms. The van der Waals surface area contributed by atoms with Crippen LogP contribution in [-0.2, 0) is 4.74 Å². The highest BCUT2D eigenvalue weighted by atomic mass is 16.5. The lowest BCUT2D eigenvalue weighted by molar-refractivity contribution is -0.0163. The number of nitrogens with two attached hydrogens (primary N) is 1. The number of ether oxygens (including phenoxy) is 2. The predicted octanol–water partition coefficient (Wildman–Crippen LogP) is 3.08. The molecule has 0 aliphatic rings. The van der Waals surface area contributed by atoms with Gasteiger partial charge in [-0.2, -0.15) is 0 Å². The molecule has 0 aliphatic heterocycles. The summed E-state index contributed by atoms with van der Waals surface area (Å²) in [6, 6.07) is 3.91. The Bertz CT molecular complexity index is 381. The number of hydrogen-bond donors (Lipinski definition) is 1. The number of benzene rings is 1. The molecule has 0 saturated heterocycles. The summed E-state index contributed by atoms with van der Waals surface area (Å²) in [7, 11) is 0. The third kappa shape index (κ3) is 4.65. The van der Waals surface area contributed by atoms with Gasteiger partial charge in [-0.3, -0.25) is 0 Å². The minimum absolute atomic E-state index is 0.116. The van der Waals surface area contributed by atoms with Crippen LogP contribution in [0.25, 0.3) is 0 Å². The summed E-state index contributed by atoms with van der Waals surface area (Å²) in [6.45, 7) is 11.2. The Kier molecular flexibility index (Phi) is 4.40. The zero-order chi connectivity index (χ0) is 13.1. The van der Waals surface area contributed by atoms with Crippen LogP contribution in [0.2, 0.25) is 0 Å². The van der Waals surface area contributed by atoms with E-state index in [4.69, 9.17) is 15.2 Å². The van der Waals surface area contributed by atoms with Gasteiger partial charge in [0.15, 0.2) is 0 Å². The van der Waals surface area contributed by atoms with Gasteiger partial charge in [-0.05, 0) is 57.9 Å². The average Bonchev–Trinajstić information content (AvgIpc) is 2.18. The zero-order valence-corrected chi connectivity index (χ0v) is 11.5. The number of hydrogen-bond acceptors (Lipinski definition) is 3. The van der Waals surface area contributed by atoms with E-state index in [1.807, 2.05) is 46.8 Å². The molecule has 0 fully saturated rings. The maximum atomic E-state index is 5.82. The van der Waals surface area contributed by atoms with E-state index in [0.29, 0.717) is 13.2 Å². The maximum absolute atomic E-state index is 5.82. The summed E-state index contributed by atoms with van der Waals surface area (Å²) in [5, 5.41) is 0. The topological polar surface area (TPSA) is 44.5 Å². The molecule has 0 saturated carbocycles. The van der Waals surface area contributed by atoms with Crippen LogP contribution in [0.1, 0.15) is 31.9 Å². The molecule has 2 N–H and O–H groups in total. The van der Waals surface area contributed by atoms with Gasteiger partial charge in [0.25, 0.3) is 0 Å². The number of nitrogen functional groups attached to an aromatic ring is 1. The second-order valence-corrected chi connectivity index (χ2v) is 5.28. The van der Waals surface area contributed by atoms with Crippen molar-refractivity contribution in [3.63, 3.8) is 0 Å². The molecule has 0 aliphatic carbocycles. The van der Waals surface area contributed by atoms with Crippen molar-refractivity contribution in [3.8, 4) is 5.75 Å². The van der Waals surface area contributed by atoms with Crippen LogP contribution in [0.4, 0.5) is 5.69 Å². The summed E-state index contributed by atoms with van der Waals surface area (Å²) < 4.78 is 11.3. The lowest BCUT2D eigenvalue weighted by atomic mass is 10.1. The fourth-order valence-corrected chi connectivity index (χ4v) is 1.47. The molecule has 0 heterocycles. The van der Waals surface area contributed by atoms with E-state index in [2.05, 4.69) is 0 Å².